The Balaban J connectivity index is 0.00000169. The molecule has 4 heteroatoms. The molecule has 0 saturated carbocycles. The summed E-state index contributed by atoms with van der Waals surface area (Å²) < 4.78 is 0.849. The first-order chi connectivity index (χ1) is 6.16. The van der Waals surface area contributed by atoms with Crippen LogP contribution in [-0.2, 0) is 0 Å². The van der Waals surface area contributed by atoms with E-state index in [0.29, 0.717) is 0 Å². The summed E-state index contributed by atoms with van der Waals surface area (Å²) in [7, 11) is 1.78. The van der Waals surface area contributed by atoms with Crippen molar-refractivity contribution in [2.75, 3.05) is 7.05 Å². The van der Waals surface area contributed by atoms with Crippen LogP contribution in [0, 0.1) is 0 Å². The van der Waals surface area contributed by atoms with Crippen LogP contribution in [0.15, 0.2) is 28.7 Å². The number of ketones is 1. The zero-order valence-corrected chi connectivity index (χ0v) is 10.5. The minimum Gasteiger partial charge on any atom is -0.310 e. The summed E-state index contributed by atoms with van der Waals surface area (Å²) in [6, 6.07) is 7.31. The second kappa shape index (κ2) is 6.17. The lowest BCUT2D eigenvalue weighted by Gasteiger charge is -2.09. The highest BCUT2D eigenvalue weighted by Gasteiger charge is 2.14. The van der Waals surface area contributed by atoms with E-state index >= 15 is 0 Å². The Morgan fingerprint density at radius 1 is 1.43 bits per heavy atom. The van der Waals surface area contributed by atoms with E-state index in [4.69, 9.17) is 0 Å². The molecule has 0 amide bonds. The van der Waals surface area contributed by atoms with E-state index in [2.05, 4.69) is 21.2 Å². The minimum atomic E-state index is -0.140. The predicted octanol–water partition coefficient (Wildman–Crippen LogP) is 2.66. The fourth-order valence-corrected chi connectivity index (χ4v) is 1.51. The Kier molecular flexibility index (Phi) is 6.00. The molecule has 0 radical (unpaired) electrons. The minimum absolute atomic E-state index is 0. The van der Waals surface area contributed by atoms with Crippen molar-refractivity contribution >= 4 is 34.1 Å². The normalized spacial score (nSPS) is 11.6. The lowest BCUT2D eigenvalue weighted by molar-refractivity contribution is 0.0954. The molecule has 0 aromatic heterocycles. The molecule has 1 aromatic rings. The van der Waals surface area contributed by atoms with E-state index in [9.17, 15) is 4.79 Å². The predicted molar refractivity (Wildman–Crippen MR) is 64.2 cm³/mol. The van der Waals surface area contributed by atoms with Crippen LogP contribution in [0.1, 0.15) is 17.3 Å². The van der Waals surface area contributed by atoms with Crippen LogP contribution in [0.25, 0.3) is 0 Å². The lowest BCUT2D eigenvalue weighted by Crippen LogP contribution is -2.30. The number of nitrogens with one attached hydrogen (secondary N) is 1. The maximum absolute atomic E-state index is 11.7. The van der Waals surface area contributed by atoms with Crippen molar-refractivity contribution in [2.45, 2.75) is 13.0 Å². The Morgan fingerprint density at radius 2 is 2.00 bits per heavy atom. The van der Waals surface area contributed by atoms with E-state index in [1.807, 2.05) is 31.2 Å². The van der Waals surface area contributed by atoms with Gasteiger partial charge in [-0.3, -0.25) is 4.79 Å². The van der Waals surface area contributed by atoms with Crippen molar-refractivity contribution in [3.63, 3.8) is 0 Å². The van der Waals surface area contributed by atoms with Crippen LogP contribution in [0.5, 0.6) is 0 Å². The maximum Gasteiger partial charge on any atom is 0.180 e. The van der Waals surface area contributed by atoms with Crippen molar-refractivity contribution < 1.29 is 4.79 Å². The Hall–Kier alpha value is -0.380. The number of halogens is 2. The summed E-state index contributed by atoms with van der Waals surface area (Å²) in [5, 5.41) is 2.92. The quantitative estimate of drug-likeness (QED) is 0.861. The summed E-state index contributed by atoms with van der Waals surface area (Å²) in [5.41, 5.74) is 0.726. The number of carbonyl (C=O) groups is 1. The third-order valence-electron chi connectivity index (χ3n) is 1.97. The standard InChI is InChI=1S/C10H12BrNO.ClH/c1-7(12-2)10(13)8-5-3-4-6-9(8)11;/h3-7,12H,1-2H3;1H. The second-order valence-corrected chi connectivity index (χ2v) is 3.71. The number of Topliss-reactive ketones (excluding diaryl/α,β-unsaturated/α-hetero) is 1. The van der Waals surface area contributed by atoms with E-state index in [0.717, 1.165) is 10.0 Å². The van der Waals surface area contributed by atoms with Gasteiger partial charge in [-0.15, -0.1) is 12.4 Å². The van der Waals surface area contributed by atoms with E-state index < -0.39 is 0 Å². The zero-order chi connectivity index (χ0) is 9.84. The number of hydrogen-bond acceptors (Lipinski definition) is 2. The molecule has 0 spiro atoms. The van der Waals surface area contributed by atoms with Gasteiger partial charge in [0.15, 0.2) is 5.78 Å². The van der Waals surface area contributed by atoms with Gasteiger partial charge in [-0.2, -0.15) is 0 Å². The molecule has 0 bridgehead atoms. The highest BCUT2D eigenvalue weighted by Crippen LogP contribution is 2.17. The van der Waals surface area contributed by atoms with E-state index in [1.54, 1.807) is 7.05 Å². The fourth-order valence-electron chi connectivity index (χ4n) is 1.03. The van der Waals surface area contributed by atoms with Crippen LogP contribution in [0.3, 0.4) is 0 Å². The van der Waals surface area contributed by atoms with Gasteiger partial charge in [0.2, 0.25) is 0 Å². The molecular formula is C10H13BrClNO. The average molecular weight is 279 g/mol. The van der Waals surface area contributed by atoms with E-state index in [1.165, 1.54) is 0 Å². The van der Waals surface area contributed by atoms with Gasteiger partial charge in [0.05, 0.1) is 6.04 Å². The molecule has 0 aliphatic rings. The molecule has 0 fully saturated rings. The van der Waals surface area contributed by atoms with E-state index in [-0.39, 0.29) is 24.2 Å². The summed E-state index contributed by atoms with van der Waals surface area (Å²) in [5.74, 6) is 0.106. The summed E-state index contributed by atoms with van der Waals surface area (Å²) in [4.78, 5) is 11.7. The zero-order valence-electron chi connectivity index (χ0n) is 8.08. The smallest absolute Gasteiger partial charge is 0.180 e. The van der Waals surface area contributed by atoms with Gasteiger partial charge in [0, 0.05) is 10.0 Å². The highest BCUT2D eigenvalue weighted by molar-refractivity contribution is 9.10. The first kappa shape index (κ1) is 13.6. The fraction of sp³-hybridized carbons (Fsp3) is 0.300. The Labute approximate surface area is 98.6 Å². The molecule has 0 aliphatic heterocycles. The molecule has 0 heterocycles. The molecule has 1 atom stereocenters. The number of carbonyl (C=O) groups excluding carboxylic acids is 1. The summed E-state index contributed by atoms with van der Waals surface area (Å²) >= 11 is 3.35. The van der Waals surface area contributed by atoms with Crippen molar-refractivity contribution in [3.8, 4) is 0 Å². The van der Waals surface area contributed by atoms with Gasteiger partial charge in [0.25, 0.3) is 0 Å². The first-order valence-corrected chi connectivity index (χ1v) is 4.92. The number of likely N-dealkylation sites (N-methyl/N-ethyl adjacent to an activating group) is 1. The van der Waals surface area contributed by atoms with Gasteiger partial charge in [-0.05, 0) is 20.0 Å². The average Bonchev–Trinajstić information content (AvgIpc) is 2.16. The number of benzene rings is 1. The largest absolute Gasteiger partial charge is 0.310 e. The van der Waals surface area contributed by atoms with Crippen LogP contribution in [-0.4, -0.2) is 18.9 Å². The summed E-state index contributed by atoms with van der Waals surface area (Å²) in [6.07, 6.45) is 0. The van der Waals surface area contributed by atoms with Crippen LogP contribution < -0.4 is 5.32 Å². The Morgan fingerprint density at radius 3 is 2.50 bits per heavy atom. The van der Waals surface area contributed by atoms with Gasteiger partial charge < -0.3 is 5.32 Å². The molecule has 1 N–H and O–H groups in total. The molecule has 1 aromatic carbocycles. The third-order valence-corrected chi connectivity index (χ3v) is 2.66. The maximum atomic E-state index is 11.7. The molecule has 2 nitrogen and oxygen atoms in total. The molecule has 0 aliphatic carbocycles. The van der Waals surface area contributed by atoms with Gasteiger partial charge in [-0.25, -0.2) is 0 Å². The number of rotatable bonds is 3. The molecule has 78 valence electrons. The Bertz CT molecular complexity index is 317. The SMILES string of the molecule is CNC(C)C(=O)c1ccccc1Br.Cl. The van der Waals surface area contributed by atoms with Gasteiger partial charge in [-0.1, -0.05) is 34.1 Å². The van der Waals surface area contributed by atoms with Crippen molar-refractivity contribution in [1.29, 1.82) is 0 Å². The topological polar surface area (TPSA) is 29.1 Å². The molecule has 14 heavy (non-hydrogen) atoms. The van der Waals surface area contributed by atoms with Crippen LogP contribution >= 0.6 is 28.3 Å². The van der Waals surface area contributed by atoms with Gasteiger partial charge in [0.1, 0.15) is 0 Å². The lowest BCUT2D eigenvalue weighted by atomic mass is 10.1. The third kappa shape index (κ3) is 3.08. The number of hydrogen-bond donors (Lipinski definition) is 1. The van der Waals surface area contributed by atoms with Gasteiger partial charge >= 0.3 is 0 Å². The van der Waals surface area contributed by atoms with Crippen LogP contribution in [0.2, 0.25) is 0 Å². The monoisotopic (exact) mass is 277 g/mol. The second-order valence-electron chi connectivity index (χ2n) is 2.85. The highest BCUT2D eigenvalue weighted by atomic mass is 79.9. The van der Waals surface area contributed by atoms with Crippen molar-refractivity contribution in [2.24, 2.45) is 0 Å². The molecule has 1 rings (SSSR count). The summed E-state index contributed by atoms with van der Waals surface area (Å²) in [6.45, 7) is 1.85. The molecule has 1 unspecified atom stereocenters. The van der Waals surface area contributed by atoms with Crippen molar-refractivity contribution in [3.05, 3.63) is 34.3 Å². The molecule has 0 saturated heterocycles. The van der Waals surface area contributed by atoms with Crippen molar-refractivity contribution in [1.82, 2.24) is 5.32 Å². The molecular weight excluding hydrogens is 265 g/mol. The first-order valence-electron chi connectivity index (χ1n) is 4.13. The van der Waals surface area contributed by atoms with Crippen LogP contribution in [0.4, 0.5) is 0 Å².